The number of carbonyl (C=O) groups is 1. The lowest BCUT2D eigenvalue weighted by Crippen LogP contribution is -1.93. The molecule has 0 N–H and O–H groups in total. The predicted octanol–water partition coefficient (Wildman–Crippen LogP) is 2.54. The van der Waals surface area contributed by atoms with Gasteiger partial charge in [0, 0.05) is 6.42 Å². The van der Waals surface area contributed by atoms with Crippen LogP contribution in [0.4, 0.5) is 0 Å². The van der Waals surface area contributed by atoms with Crippen molar-refractivity contribution in [1.29, 1.82) is 0 Å². The van der Waals surface area contributed by atoms with Gasteiger partial charge in [-0.1, -0.05) is 6.58 Å². The van der Waals surface area contributed by atoms with Gasteiger partial charge in [0.05, 0.1) is 18.3 Å². The van der Waals surface area contributed by atoms with Gasteiger partial charge in [-0.2, -0.15) is 0 Å². The van der Waals surface area contributed by atoms with E-state index in [0.717, 1.165) is 24.4 Å². The standard InChI is InChI=1S/C6H10O.C5H6O2/c1-5-3-4-6(2)7-5;1-4-2-3-5(6)7-4/h6H,1,3-4H2,2H3;2H,3H2,1H3. The molecule has 0 saturated carbocycles. The van der Waals surface area contributed by atoms with Crippen molar-refractivity contribution in [1.82, 2.24) is 0 Å². The molecule has 0 aromatic rings. The Morgan fingerprint density at radius 1 is 1.57 bits per heavy atom. The first-order chi connectivity index (χ1) is 6.58. The van der Waals surface area contributed by atoms with Crippen molar-refractivity contribution in [2.24, 2.45) is 0 Å². The van der Waals surface area contributed by atoms with Crippen LogP contribution in [-0.4, -0.2) is 12.1 Å². The van der Waals surface area contributed by atoms with Gasteiger partial charge < -0.3 is 9.47 Å². The molecule has 1 saturated heterocycles. The third-order valence-corrected chi connectivity index (χ3v) is 2.03. The summed E-state index contributed by atoms with van der Waals surface area (Å²) in [6.45, 7) is 7.52. The first kappa shape index (κ1) is 10.8. The second kappa shape index (κ2) is 4.84. The van der Waals surface area contributed by atoms with E-state index < -0.39 is 0 Å². The Kier molecular flexibility index (Phi) is 3.74. The van der Waals surface area contributed by atoms with Crippen LogP contribution in [0.2, 0.25) is 0 Å². The van der Waals surface area contributed by atoms with E-state index in [2.05, 4.69) is 18.2 Å². The Balaban J connectivity index is 0.000000140. The molecule has 3 nitrogen and oxygen atoms in total. The number of allylic oxidation sites excluding steroid dienone is 2. The lowest BCUT2D eigenvalue weighted by molar-refractivity contribution is -0.136. The van der Waals surface area contributed by atoms with Crippen LogP contribution in [0.5, 0.6) is 0 Å². The zero-order valence-electron chi connectivity index (χ0n) is 8.71. The molecule has 3 heteroatoms. The van der Waals surface area contributed by atoms with Crippen molar-refractivity contribution in [2.45, 2.75) is 39.2 Å². The van der Waals surface area contributed by atoms with Crippen LogP contribution >= 0.6 is 0 Å². The minimum absolute atomic E-state index is 0.141. The minimum atomic E-state index is -0.141. The summed E-state index contributed by atoms with van der Waals surface area (Å²) in [7, 11) is 0. The molecule has 1 unspecified atom stereocenters. The molecule has 0 aliphatic carbocycles. The highest BCUT2D eigenvalue weighted by Crippen LogP contribution is 2.19. The van der Waals surface area contributed by atoms with Crippen molar-refractivity contribution < 1.29 is 14.3 Å². The summed E-state index contributed by atoms with van der Waals surface area (Å²) in [6.07, 6.45) is 4.85. The lowest BCUT2D eigenvalue weighted by atomic mass is 10.2. The molecular weight excluding hydrogens is 180 g/mol. The zero-order valence-corrected chi connectivity index (χ0v) is 8.71. The molecule has 0 aromatic carbocycles. The Morgan fingerprint density at radius 2 is 2.29 bits per heavy atom. The van der Waals surface area contributed by atoms with Crippen molar-refractivity contribution in [2.75, 3.05) is 0 Å². The van der Waals surface area contributed by atoms with E-state index in [9.17, 15) is 4.79 Å². The molecular formula is C11H16O3. The third-order valence-electron chi connectivity index (χ3n) is 2.03. The normalized spacial score (nSPS) is 24.7. The van der Waals surface area contributed by atoms with E-state index in [4.69, 9.17) is 4.74 Å². The van der Waals surface area contributed by atoms with Crippen LogP contribution in [0.1, 0.15) is 33.1 Å². The highest BCUT2D eigenvalue weighted by Gasteiger charge is 2.12. The second-order valence-corrected chi connectivity index (χ2v) is 3.50. The Morgan fingerprint density at radius 3 is 2.43 bits per heavy atom. The molecule has 78 valence electrons. The molecule has 2 aliphatic rings. The van der Waals surface area contributed by atoms with E-state index in [-0.39, 0.29) is 5.97 Å². The van der Waals surface area contributed by atoms with Crippen LogP contribution < -0.4 is 0 Å². The van der Waals surface area contributed by atoms with Gasteiger partial charge in [0.15, 0.2) is 0 Å². The zero-order chi connectivity index (χ0) is 10.6. The van der Waals surface area contributed by atoms with Crippen LogP contribution in [0.25, 0.3) is 0 Å². The lowest BCUT2D eigenvalue weighted by Gasteiger charge is -1.99. The van der Waals surface area contributed by atoms with Crippen LogP contribution in [0, 0.1) is 0 Å². The minimum Gasteiger partial charge on any atom is -0.496 e. The highest BCUT2D eigenvalue weighted by atomic mass is 16.5. The fraction of sp³-hybridized carbons (Fsp3) is 0.545. The topological polar surface area (TPSA) is 35.5 Å². The third kappa shape index (κ3) is 3.64. The maximum Gasteiger partial charge on any atom is 0.314 e. The molecule has 0 radical (unpaired) electrons. The van der Waals surface area contributed by atoms with Gasteiger partial charge in [-0.3, -0.25) is 4.79 Å². The summed E-state index contributed by atoms with van der Waals surface area (Å²) in [4.78, 5) is 10.2. The monoisotopic (exact) mass is 196 g/mol. The molecule has 0 spiro atoms. The van der Waals surface area contributed by atoms with Gasteiger partial charge in [-0.25, -0.2) is 0 Å². The molecule has 0 amide bonds. The number of carbonyl (C=O) groups excluding carboxylic acids is 1. The quantitative estimate of drug-likeness (QED) is 0.558. The van der Waals surface area contributed by atoms with E-state index >= 15 is 0 Å². The average molecular weight is 196 g/mol. The fourth-order valence-corrected chi connectivity index (χ4v) is 1.26. The van der Waals surface area contributed by atoms with E-state index in [1.54, 1.807) is 13.0 Å². The summed E-state index contributed by atoms with van der Waals surface area (Å²) in [5.74, 6) is 1.54. The summed E-state index contributed by atoms with van der Waals surface area (Å²) in [6, 6.07) is 0. The number of hydrogen-bond acceptors (Lipinski definition) is 3. The first-order valence-corrected chi connectivity index (χ1v) is 4.80. The molecule has 14 heavy (non-hydrogen) atoms. The molecule has 1 fully saturated rings. The Labute approximate surface area is 84.4 Å². The summed E-state index contributed by atoms with van der Waals surface area (Å²) >= 11 is 0. The van der Waals surface area contributed by atoms with Crippen LogP contribution in [-0.2, 0) is 14.3 Å². The van der Waals surface area contributed by atoms with Gasteiger partial charge in [0.2, 0.25) is 0 Å². The van der Waals surface area contributed by atoms with Gasteiger partial charge in [-0.05, 0) is 26.3 Å². The molecule has 2 heterocycles. The van der Waals surface area contributed by atoms with Crippen molar-refractivity contribution in [3.8, 4) is 0 Å². The summed E-state index contributed by atoms with van der Waals surface area (Å²) in [5, 5.41) is 0. The number of rotatable bonds is 0. The Hall–Kier alpha value is -1.25. The SMILES string of the molecule is C=C1CCC(C)O1.CC1=CCC(=O)O1. The predicted molar refractivity (Wildman–Crippen MR) is 53.4 cm³/mol. The molecule has 1 atom stereocenters. The van der Waals surface area contributed by atoms with Gasteiger partial charge >= 0.3 is 5.97 Å². The number of esters is 1. The van der Waals surface area contributed by atoms with E-state index in [0.29, 0.717) is 12.5 Å². The fourth-order valence-electron chi connectivity index (χ4n) is 1.26. The van der Waals surface area contributed by atoms with E-state index in [1.165, 1.54) is 0 Å². The number of ether oxygens (including phenoxy) is 2. The number of cyclic esters (lactones) is 1. The maximum atomic E-state index is 10.2. The summed E-state index contributed by atoms with van der Waals surface area (Å²) < 4.78 is 9.75. The van der Waals surface area contributed by atoms with Crippen LogP contribution in [0.15, 0.2) is 24.2 Å². The molecule has 0 bridgehead atoms. The van der Waals surface area contributed by atoms with Gasteiger partial charge in [0.25, 0.3) is 0 Å². The van der Waals surface area contributed by atoms with Gasteiger partial charge in [0.1, 0.15) is 5.76 Å². The van der Waals surface area contributed by atoms with Crippen molar-refractivity contribution in [3.63, 3.8) is 0 Å². The molecule has 2 aliphatic heterocycles. The van der Waals surface area contributed by atoms with Crippen molar-refractivity contribution >= 4 is 5.97 Å². The maximum absolute atomic E-state index is 10.2. The largest absolute Gasteiger partial charge is 0.496 e. The summed E-state index contributed by atoms with van der Waals surface area (Å²) in [5.41, 5.74) is 0. The van der Waals surface area contributed by atoms with Crippen LogP contribution in [0.3, 0.4) is 0 Å². The Bertz CT molecular complexity index is 264. The smallest absolute Gasteiger partial charge is 0.314 e. The average Bonchev–Trinajstić information content (AvgIpc) is 2.63. The second-order valence-electron chi connectivity index (χ2n) is 3.50. The molecule has 0 aromatic heterocycles. The molecule has 2 rings (SSSR count). The highest BCUT2D eigenvalue weighted by molar-refractivity contribution is 5.74. The van der Waals surface area contributed by atoms with Crippen molar-refractivity contribution in [3.05, 3.63) is 24.2 Å². The van der Waals surface area contributed by atoms with Gasteiger partial charge in [-0.15, -0.1) is 0 Å². The number of hydrogen-bond donors (Lipinski definition) is 0. The van der Waals surface area contributed by atoms with E-state index in [1.807, 2.05) is 0 Å². The first-order valence-electron chi connectivity index (χ1n) is 4.80.